The maximum absolute atomic E-state index is 13.5. The van der Waals surface area contributed by atoms with Crippen molar-refractivity contribution < 1.29 is 23.0 Å². The van der Waals surface area contributed by atoms with Gasteiger partial charge in [-0.15, -0.1) is 0 Å². The molecule has 0 aromatic heterocycles. The number of alkyl halides is 2. The third-order valence-corrected chi connectivity index (χ3v) is 2.08. The SMILES string of the molecule is CC=CC(C)OC(CC)C(F)(F)C(=O)OC. The summed E-state index contributed by atoms with van der Waals surface area (Å²) in [5.74, 6) is -5.17. The fraction of sp³-hybridized carbons (Fsp3) is 0.727. The molecule has 5 heteroatoms. The minimum atomic E-state index is -3.61. The normalized spacial score (nSPS) is 16.1. The van der Waals surface area contributed by atoms with Crippen molar-refractivity contribution in [3.05, 3.63) is 12.2 Å². The van der Waals surface area contributed by atoms with Gasteiger partial charge in [0.1, 0.15) is 6.10 Å². The molecule has 0 rings (SSSR count). The molecular formula is C11H18F2O3. The van der Waals surface area contributed by atoms with Crippen LogP contribution in [0.25, 0.3) is 0 Å². The standard InChI is InChI=1S/C11H18F2O3/c1-5-7-8(3)16-9(6-2)11(12,13)10(14)15-4/h5,7-9H,6H2,1-4H3. The molecule has 0 radical (unpaired) electrons. The molecule has 2 unspecified atom stereocenters. The Morgan fingerprint density at radius 3 is 2.44 bits per heavy atom. The predicted molar refractivity (Wildman–Crippen MR) is 56.4 cm³/mol. The predicted octanol–water partition coefficient (Wildman–Crippen LogP) is 2.55. The van der Waals surface area contributed by atoms with Crippen LogP contribution in [0.1, 0.15) is 27.2 Å². The molecule has 0 aromatic carbocycles. The highest BCUT2D eigenvalue weighted by atomic mass is 19.3. The second-order valence-electron chi connectivity index (χ2n) is 3.38. The lowest BCUT2D eigenvalue weighted by Gasteiger charge is -2.25. The Balaban J connectivity index is 4.65. The van der Waals surface area contributed by atoms with E-state index in [1.807, 2.05) is 0 Å². The van der Waals surface area contributed by atoms with Gasteiger partial charge < -0.3 is 9.47 Å². The van der Waals surface area contributed by atoms with Crippen LogP contribution in [0.3, 0.4) is 0 Å². The highest BCUT2D eigenvalue weighted by Crippen LogP contribution is 2.26. The minimum Gasteiger partial charge on any atom is -0.465 e. The van der Waals surface area contributed by atoms with E-state index in [1.54, 1.807) is 26.0 Å². The molecule has 0 saturated carbocycles. The summed E-state index contributed by atoms with van der Waals surface area (Å²) in [7, 11) is 0.929. The fourth-order valence-corrected chi connectivity index (χ4v) is 1.28. The molecule has 0 heterocycles. The number of methoxy groups -OCH3 is 1. The van der Waals surface area contributed by atoms with E-state index in [2.05, 4.69) is 4.74 Å². The zero-order valence-electron chi connectivity index (χ0n) is 10.00. The van der Waals surface area contributed by atoms with Crippen LogP contribution in [0, 0.1) is 0 Å². The van der Waals surface area contributed by atoms with E-state index < -0.39 is 24.1 Å². The molecule has 94 valence electrons. The van der Waals surface area contributed by atoms with Crippen molar-refractivity contribution in [3.63, 3.8) is 0 Å². The van der Waals surface area contributed by atoms with Gasteiger partial charge in [0.15, 0.2) is 0 Å². The van der Waals surface area contributed by atoms with Crippen molar-refractivity contribution in [2.24, 2.45) is 0 Å². The van der Waals surface area contributed by atoms with Crippen LogP contribution in [0.5, 0.6) is 0 Å². The summed E-state index contributed by atoms with van der Waals surface area (Å²) in [6, 6.07) is 0. The lowest BCUT2D eigenvalue weighted by atomic mass is 10.1. The average molecular weight is 236 g/mol. The highest BCUT2D eigenvalue weighted by Gasteiger charge is 2.48. The van der Waals surface area contributed by atoms with Crippen molar-refractivity contribution >= 4 is 5.97 Å². The van der Waals surface area contributed by atoms with Crippen LogP contribution in [0.15, 0.2) is 12.2 Å². The second kappa shape index (κ2) is 6.58. The van der Waals surface area contributed by atoms with Crippen LogP contribution >= 0.6 is 0 Å². The van der Waals surface area contributed by atoms with Crippen LogP contribution in [-0.4, -0.2) is 31.2 Å². The summed E-state index contributed by atoms with van der Waals surface area (Å²) < 4.78 is 36.1. The summed E-state index contributed by atoms with van der Waals surface area (Å²) in [5, 5.41) is 0. The Labute approximate surface area is 94.4 Å². The Morgan fingerprint density at radius 2 is 2.06 bits per heavy atom. The van der Waals surface area contributed by atoms with Crippen molar-refractivity contribution in [2.75, 3.05) is 7.11 Å². The van der Waals surface area contributed by atoms with Crippen molar-refractivity contribution in [3.8, 4) is 0 Å². The number of ether oxygens (including phenoxy) is 2. The van der Waals surface area contributed by atoms with Gasteiger partial charge in [-0.3, -0.25) is 0 Å². The molecule has 0 aliphatic rings. The zero-order chi connectivity index (χ0) is 12.8. The number of allylic oxidation sites excluding steroid dienone is 1. The van der Waals surface area contributed by atoms with Gasteiger partial charge in [0.2, 0.25) is 0 Å². The Kier molecular flexibility index (Phi) is 6.18. The molecule has 2 atom stereocenters. The van der Waals surface area contributed by atoms with Gasteiger partial charge in [-0.25, -0.2) is 4.79 Å². The van der Waals surface area contributed by atoms with Crippen molar-refractivity contribution in [2.45, 2.75) is 45.3 Å². The number of carbonyl (C=O) groups is 1. The van der Waals surface area contributed by atoms with Crippen LogP contribution in [-0.2, 0) is 14.3 Å². The first-order valence-electron chi connectivity index (χ1n) is 5.14. The summed E-state index contributed by atoms with van der Waals surface area (Å²) in [6.45, 7) is 4.93. The molecule has 16 heavy (non-hydrogen) atoms. The van der Waals surface area contributed by atoms with Crippen LogP contribution < -0.4 is 0 Å². The second-order valence-corrected chi connectivity index (χ2v) is 3.38. The first-order chi connectivity index (χ1) is 7.39. The number of esters is 1. The van der Waals surface area contributed by atoms with Crippen LogP contribution in [0.4, 0.5) is 8.78 Å². The number of rotatable bonds is 6. The maximum atomic E-state index is 13.5. The number of carbonyl (C=O) groups excluding carboxylic acids is 1. The summed E-state index contributed by atoms with van der Waals surface area (Å²) >= 11 is 0. The first kappa shape index (κ1) is 15.0. The van der Waals surface area contributed by atoms with E-state index in [0.717, 1.165) is 7.11 Å². The topological polar surface area (TPSA) is 35.5 Å². The average Bonchev–Trinajstić information content (AvgIpc) is 2.24. The lowest BCUT2D eigenvalue weighted by molar-refractivity contribution is -0.195. The van der Waals surface area contributed by atoms with Gasteiger partial charge in [-0.05, 0) is 20.3 Å². The molecule has 0 fully saturated rings. The molecule has 0 bridgehead atoms. The minimum absolute atomic E-state index is 0.0317. The summed E-state index contributed by atoms with van der Waals surface area (Å²) in [6.07, 6.45) is 1.44. The fourth-order valence-electron chi connectivity index (χ4n) is 1.28. The number of halogens is 2. The molecule has 0 saturated heterocycles. The summed E-state index contributed by atoms with van der Waals surface area (Å²) in [4.78, 5) is 10.9. The molecule has 3 nitrogen and oxygen atoms in total. The van der Waals surface area contributed by atoms with Gasteiger partial charge in [0.05, 0.1) is 13.2 Å². The smallest absolute Gasteiger partial charge is 0.379 e. The highest BCUT2D eigenvalue weighted by molar-refractivity contribution is 5.78. The van der Waals surface area contributed by atoms with E-state index in [9.17, 15) is 13.6 Å². The lowest BCUT2D eigenvalue weighted by Crippen LogP contribution is -2.44. The molecular weight excluding hydrogens is 218 g/mol. The van der Waals surface area contributed by atoms with E-state index >= 15 is 0 Å². The molecule has 0 aliphatic carbocycles. The van der Waals surface area contributed by atoms with Gasteiger partial charge in [0.25, 0.3) is 0 Å². The Morgan fingerprint density at radius 1 is 1.50 bits per heavy atom. The first-order valence-corrected chi connectivity index (χ1v) is 5.14. The molecule has 0 N–H and O–H groups in total. The summed E-state index contributed by atoms with van der Waals surface area (Å²) in [5.41, 5.74) is 0. The molecule has 0 aliphatic heterocycles. The van der Waals surface area contributed by atoms with E-state index in [-0.39, 0.29) is 6.42 Å². The van der Waals surface area contributed by atoms with Crippen LogP contribution in [0.2, 0.25) is 0 Å². The quantitative estimate of drug-likeness (QED) is 0.525. The largest absolute Gasteiger partial charge is 0.465 e. The van der Waals surface area contributed by atoms with Gasteiger partial charge in [-0.1, -0.05) is 19.1 Å². The Bertz CT molecular complexity index is 252. The molecule has 0 amide bonds. The maximum Gasteiger partial charge on any atom is 0.379 e. The zero-order valence-corrected chi connectivity index (χ0v) is 10.00. The third kappa shape index (κ3) is 3.89. The third-order valence-electron chi connectivity index (χ3n) is 2.08. The van der Waals surface area contributed by atoms with Crippen molar-refractivity contribution in [1.29, 1.82) is 0 Å². The van der Waals surface area contributed by atoms with E-state index in [1.165, 1.54) is 6.92 Å². The molecule has 0 aromatic rings. The van der Waals surface area contributed by atoms with E-state index in [4.69, 9.17) is 4.74 Å². The molecule has 0 spiro atoms. The van der Waals surface area contributed by atoms with Gasteiger partial charge >= 0.3 is 11.9 Å². The monoisotopic (exact) mass is 236 g/mol. The van der Waals surface area contributed by atoms with Gasteiger partial charge in [0, 0.05) is 0 Å². The Hall–Kier alpha value is -0.970. The number of hydrogen-bond acceptors (Lipinski definition) is 3. The van der Waals surface area contributed by atoms with E-state index in [0.29, 0.717) is 0 Å². The van der Waals surface area contributed by atoms with Crippen molar-refractivity contribution in [1.82, 2.24) is 0 Å². The van der Waals surface area contributed by atoms with Gasteiger partial charge in [-0.2, -0.15) is 8.78 Å². The number of hydrogen-bond donors (Lipinski definition) is 0.